The van der Waals surface area contributed by atoms with Crippen molar-refractivity contribution in [3.05, 3.63) is 22.7 Å². The zero-order valence-corrected chi connectivity index (χ0v) is 12.8. The maximum atomic E-state index is 10.5. The first-order valence-corrected chi connectivity index (χ1v) is 6.22. The minimum Gasteiger partial charge on any atom is -0.496 e. The molecule has 0 aliphatic rings. The molecule has 0 atom stereocenters. The number of carbonyl (C=O) groups is 1. The molecule has 0 aliphatic heterocycles. The average molecular weight is 277 g/mol. The summed E-state index contributed by atoms with van der Waals surface area (Å²) in [5.41, 5.74) is 10.8. The Kier molecular flexibility index (Phi) is 19.2. The summed E-state index contributed by atoms with van der Waals surface area (Å²) in [6, 6.07) is 2.99. The van der Waals surface area contributed by atoms with E-state index in [1.807, 2.05) is 27.7 Å². The summed E-state index contributed by atoms with van der Waals surface area (Å²) < 4.78 is 4.90. The molecule has 0 fully saturated rings. The van der Waals surface area contributed by atoms with Gasteiger partial charge in [-0.3, -0.25) is 4.79 Å². The molecule has 0 saturated heterocycles. The van der Waals surface area contributed by atoms with E-state index in [4.69, 9.17) is 22.1 Å². The van der Waals surface area contributed by atoms with Crippen molar-refractivity contribution in [3.63, 3.8) is 0 Å². The summed E-state index contributed by atoms with van der Waals surface area (Å²) in [6.45, 7) is 8.00. The zero-order chi connectivity index (χ0) is 15.1. The fourth-order valence-corrected chi connectivity index (χ4v) is 1.03. The monoisotopic (exact) mass is 276 g/mol. The van der Waals surface area contributed by atoms with Gasteiger partial charge in [-0.05, 0) is 13.1 Å². The van der Waals surface area contributed by atoms with Gasteiger partial charge in [0.1, 0.15) is 5.75 Å². The topological polar surface area (TPSA) is 78.3 Å². The minimum absolute atomic E-state index is 0.359. The second kappa shape index (κ2) is 15.7. The lowest BCUT2D eigenvalue weighted by Crippen LogP contribution is -1.94. The fraction of sp³-hybridized carbons (Fsp3) is 0.462. The largest absolute Gasteiger partial charge is 0.496 e. The van der Waals surface area contributed by atoms with E-state index in [0.717, 1.165) is 0 Å². The van der Waals surface area contributed by atoms with Crippen LogP contribution >= 0.6 is 11.6 Å². The Bertz CT molecular complexity index is 318. The standard InChI is InChI=1S/C8H8ClNO2.2C2H6.CH5N/c1-12-8-3-7(10)6(9)2-5(8)4-11;3*1-2/h2-4H,10H2,1H3;2*1-2H3;2H2,1H3. The number of hydrogen-bond acceptors (Lipinski definition) is 4. The van der Waals surface area contributed by atoms with Crippen LogP contribution in [-0.4, -0.2) is 20.4 Å². The van der Waals surface area contributed by atoms with E-state index >= 15 is 0 Å². The number of hydrogen-bond donors (Lipinski definition) is 2. The highest BCUT2D eigenvalue weighted by Gasteiger charge is 2.05. The molecule has 0 heterocycles. The van der Waals surface area contributed by atoms with Gasteiger partial charge in [0.25, 0.3) is 0 Å². The number of aldehydes is 1. The highest BCUT2D eigenvalue weighted by Crippen LogP contribution is 2.27. The van der Waals surface area contributed by atoms with Crippen LogP contribution < -0.4 is 16.2 Å². The van der Waals surface area contributed by atoms with Gasteiger partial charge in [0.05, 0.1) is 23.4 Å². The molecule has 0 aliphatic carbocycles. The van der Waals surface area contributed by atoms with Crippen molar-refractivity contribution in [2.45, 2.75) is 27.7 Å². The van der Waals surface area contributed by atoms with Crippen LogP contribution in [0.5, 0.6) is 5.75 Å². The number of anilines is 1. The van der Waals surface area contributed by atoms with Crippen LogP contribution in [0.15, 0.2) is 12.1 Å². The summed E-state index contributed by atoms with van der Waals surface area (Å²) in [5.74, 6) is 0.437. The molecule has 1 rings (SSSR count). The molecule has 4 N–H and O–H groups in total. The van der Waals surface area contributed by atoms with Gasteiger partial charge in [-0.2, -0.15) is 0 Å². The molecule has 5 heteroatoms. The minimum atomic E-state index is 0.359. The maximum absolute atomic E-state index is 10.5. The first-order chi connectivity index (χ1) is 8.69. The van der Waals surface area contributed by atoms with Crippen molar-refractivity contribution in [1.29, 1.82) is 0 Å². The van der Waals surface area contributed by atoms with Crippen LogP contribution in [-0.2, 0) is 0 Å². The Morgan fingerprint density at radius 3 is 1.94 bits per heavy atom. The Hall–Kier alpha value is -1.26. The van der Waals surface area contributed by atoms with Gasteiger partial charge >= 0.3 is 0 Å². The quantitative estimate of drug-likeness (QED) is 0.641. The van der Waals surface area contributed by atoms with Gasteiger partial charge < -0.3 is 16.2 Å². The van der Waals surface area contributed by atoms with E-state index in [9.17, 15) is 4.79 Å². The van der Waals surface area contributed by atoms with E-state index in [-0.39, 0.29) is 0 Å². The molecule has 106 valence electrons. The van der Waals surface area contributed by atoms with Crippen molar-refractivity contribution in [2.75, 3.05) is 19.9 Å². The van der Waals surface area contributed by atoms with Crippen molar-refractivity contribution < 1.29 is 9.53 Å². The zero-order valence-electron chi connectivity index (χ0n) is 12.1. The summed E-state index contributed by atoms with van der Waals surface area (Å²) >= 11 is 5.68. The third kappa shape index (κ3) is 7.92. The second-order valence-electron chi connectivity index (χ2n) is 2.23. The van der Waals surface area contributed by atoms with Crippen molar-refractivity contribution >= 4 is 23.6 Å². The average Bonchev–Trinajstić information content (AvgIpc) is 2.47. The van der Waals surface area contributed by atoms with Gasteiger partial charge in [0, 0.05) is 6.07 Å². The molecule has 0 amide bonds. The highest BCUT2D eigenvalue weighted by molar-refractivity contribution is 6.33. The lowest BCUT2D eigenvalue weighted by atomic mass is 10.2. The number of benzene rings is 1. The Balaban J connectivity index is -0.000000328. The Morgan fingerprint density at radius 2 is 1.61 bits per heavy atom. The number of ether oxygens (including phenoxy) is 1. The molecule has 0 unspecified atom stereocenters. The van der Waals surface area contributed by atoms with Gasteiger partial charge in [0.2, 0.25) is 0 Å². The molecule has 0 spiro atoms. The summed E-state index contributed by atoms with van der Waals surface area (Å²) in [7, 11) is 2.97. The smallest absolute Gasteiger partial charge is 0.153 e. The number of halogens is 1. The van der Waals surface area contributed by atoms with E-state index in [2.05, 4.69) is 5.73 Å². The van der Waals surface area contributed by atoms with Gasteiger partial charge in [-0.1, -0.05) is 39.3 Å². The van der Waals surface area contributed by atoms with Crippen LogP contribution in [0.25, 0.3) is 0 Å². The SMILES string of the molecule is CC.CC.CN.COc1cc(N)c(Cl)cc1C=O. The fourth-order valence-electron chi connectivity index (χ4n) is 0.853. The molecule has 0 aromatic heterocycles. The predicted octanol–water partition coefficient (Wildman–Crippen LogP) is 3.37. The van der Waals surface area contributed by atoms with Crippen LogP contribution in [0, 0.1) is 0 Å². The molecule has 0 bridgehead atoms. The Labute approximate surface area is 115 Å². The van der Waals surface area contributed by atoms with Crippen LogP contribution in [0.2, 0.25) is 5.02 Å². The maximum Gasteiger partial charge on any atom is 0.153 e. The number of methoxy groups -OCH3 is 1. The summed E-state index contributed by atoms with van der Waals surface area (Å²) in [5, 5.41) is 0.359. The molecule has 0 radical (unpaired) electrons. The molecule has 0 saturated carbocycles. The predicted molar refractivity (Wildman–Crippen MR) is 80.6 cm³/mol. The number of rotatable bonds is 2. The van der Waals surface area contributed by atoms with E-state index in [0.29, 0.717) is 28.3 Å². The van der Waals surface area contributed by atoms with Crippen molar-refractivity contribution in [2.24, 2.45) is 5.73 Å². The summed E-state index contributed by atoms with van der Waals surface area (Å²) in [6.07, 6.45) is 0.671. The normalized spacial score (nSPS) is 7.33. The highest BCUT2D eigenvalue weighted by atomic mass is 35.5. The van der Waals surface area contributed by atoms with Crippen LogP contribution in [0.1, 0.15) is 38.1 Å². The number of nitrogens with two attached hydrogens (primary N) is 2. The second-order valence-corrected chi connectivity index (χ2v) is 2.64. The molecule has 1 aromatic carbocycles. The Morgan fingerprint density at radius 1 is 1.17 bits per heavy atom. The molecular formula is C13H25ClN2O2. The number of nitrogen functional groups attached to an aromatic ring is 1. The lowest BCUT2D eigenvalue weighted by molar-refractivity contribution is 0.112. The molecule has 1 aromatic rings. The molecule has 4 nitrogen and oxygen atoms in total. The van der Waals surface area contributed by atoms with Gasteiger partial charge in [-0.15, -0.1) is 0 Å². The van der Waals surface area contributed by atoms with Crippen molar-refractivity contribution in [3.8, 4) is 5.75 Å². The third-order valence-electron chi connectivity index (χ3n) is 1.48. The van der Waals surface area contributed by atoms with Gasteiger partial charge in [-0.25, -0.2) is 0 Å². The first kappa shape index (κ1) is 22.0. The van der Waals surface area contributed by atoms with E-state index in [1.165, 1.54) is 26.3 Å². The van der Waals surface area contributed by atoms with Gasteiger partial charge in [0.15, 0.2) is 6.29 Å². The third-order valence-corrected chi connectivity index (χ3v) is 1.80. The lowest BCUT2D eigenvalue weighted by Gasteiger charge is -2.05. The van der Waals surface area contributed by atoms with Crippen molar-refractivity contribution in [1.82, 2.24) is 0 Å². The summed E-state index contributed by atoms with van der Waals surface area (Å²) in [4.78, 5) is 10.5. The first-order valence-electron chi connectivity index (χ1n) is 5.85. The van der Waals surface area contributed by atoms with Crippen LogP contribution in [0.3, 0.4) is 0 Å². The van der Waals surface area contributed by atoms with E-state index in [1.54, 1.807) is 0 Å². The van der Waals surface area contributed by atoms with E-state index < -0.39 is 0 Å². The number of carbonyl (C=O) groups excluding carboxylic acids is 1. The van der Waals surface area contributed by atoms with Crippen LogP contribution in [0.4, 0.5) is 5.69 Å². The molecular weight excluding hydrogens is 252 g/mol. The molecule has 18 heavy (non-hydrogen) atoms.